The van der Waals surface area contributed by atoms with E-state index in [4.69, 9.17) is 0 Å². The lowest BCUT2D eigenvalue weighted by atomic mass is 9.85. The molecule has 44 heavy (non-hydrogen) atoms. The van der Waals surface area contributed by atoms with Gasteiger partial charge in [-0.15, -0.1) is 22.7 Å². The van der Waals surface area contributed by atoms with Crippen LogP contribution in [0.4, 0.5) is 22.9 Å². The lowest BCUT2D eigenvalue weighted by Crippen LogP contribution is -2.57. The molecule has 5 aromatic rings. The molecule has 10 nitrogen and oxygen atoms in total. The van der Waals surface area contributed by atoms with Crippen molar-refractivity contribution in [3.05, 3.63) is 77.4 Å². The van der Waals surface area contributed by atoms with Gasteiger partial charge in [0.2, 0.25) is 5.91 Å². The van der Waals surface area contributed by atoms with Gasteiger partial charge in [-0.25, -0.2) is 15.0 Å². The Morgan fingerprint density at radius 1 is 1.02 bits per heavy atom. The highest BCUT2D eigenvalue weighted by molar-refractivity contribution is 7.17. The summed E-state index contributed by atoms with van der Waals surface area (Å²) in [6.07, 6.45) is 4.59. The molecule has 5 heterocycles. The highest BCUT2D eigenvalue weighted by atomic mass is 32.1. The highest BCUT2D eigenvalue weighted by Crippen LogP contribution is 2.38. The number of benzene rings is 2. The van der Waals surface area contributed by atoms with Gasteiger partial charge < -0.3 is 25.8 Å². The van der Waals surface area contributed by atoms with Gasteiger partial charge in [-0.2, -0.15) is 0 Å². The van der Waals surface area contributed by atoms with Crippen LogP contribution >= 0.6 is 22.7 Å². The zero-order valence-corrected chi connectivity index (χ0v) is 26.0. The van der Waals surface area contributed by atoms with Crippen LogP contribution in [0.3, 0.4) is 0 Å². The number of pyridine rings is 1. The number of fused-ring (bicyclic) bond motifs is 1. The Morgan fingerprint density at radius 2 is 1.84 bits per heavy atom. The van der Waals surface area contributed by atoms with Crippen molar-refractivity contribution in [1.29, 1.82) is 0 Å². The minimum Gasteiger partial charge on any atom is -0.382 e. The summed E-state index contributed by atoms with van der Waals surface area (Å²) >= 11 is 2.97. The van der Waals surface area contributed by atoms with Crippen LogP contribution in [0.1, 0.15) is 36.4 Å². The van der Waals surface area contributed by atoms with E-state index in [-0.39, 0.29) is 17.9 Å². The molecule has 0 aliphatic carbocycles. The van der Waals surface area contributed by atoms with Gasteiger partial charge >= 0.3 is 0 Å². The molecule has 12 heteroatoms. The molecule has 2 fully saturated rings. The Kier molecular flexibility index (Phi) is 7.39. The predicted octanol–water partition coefficient (Wildman–Crippen LogP) is 5.95. The largest absolute Gasteiger partial charge is 0.382 e. The second-order valence-corrected chi connectivity index (χ2v) is 13.3. The molecule has 3 aromatic heterocycles. The van der Waals surface area contributed by atoms with E-state index in [1.54, 1.807) is 23.7 Å². The Hall–Kier alpha value is -4.55. The van der Waals surface area contributed by atoms with Crippen molar-refractivity contribution in [2.45, 2.75) is 38.3 Å². The Morgan fingerprint density at radius 3 is 2.64 bits per heavy atom. The molecular formula is C32H32N8O2S2. The predicted molar refractivity (Wildman–Crippen MR) is 177 cm³/mol. The maximum atomic E-state index is 13.6. The zero-order valence-electron chi connectivity index (χ0n) is 24.4. The van der Waals surface area contributed by atoms with E-state index >= 15 is 0 Å². The van der Waals surface area contributed by atoms with Crippen molar-refractivity contribution in [3.63, 3.8) is 0 Å². The van der Waals surface area contributed by atoms with Gasteiger partial charge in [0.05, 0.1) is 34.2 Å². The Bertz CT molecular complexity index is 1830. The van der Waals surface area contributed by atoms with Gasteiger partial charge in [-0.05, 0) is 57.0 Å². The first-order valence-corrected chi connectivity index (χ1v) is 16.3. The molecule has 2 saturated heterocycles. The average Bonchev–Trinajstić information content (AvgIpc) is 3.77. The number of aromatic nitrogens is 3. The molecule has 2 aliphatic rings. The molecule has 2 aromatic carbocycles. The monoisotopic (exact) mass is 624 g/mol. The Labute approximate surface area is 263 Å². The van der Waals surface area contributed by atoms with Crippen molar-refractivity contribution in [1.82, 2.24) is 25.2 Å². The van der Waals surface area contributed by atoms with Crippen LogP contribution in [0.2, 0.25) is 0 Å². The number of carbonyl (C=O) groups is 2. The van der Waals surface area contributed by atoms with Gasteiger partial charge in [0, 0.05) is 48.5 Å². The van der Waals surface area contributed by atoms with Crippen LogP contribution in [0.15, 0.2) is 72.5 Å². The van der Waals surface area contributed by atoms with Gasteiger partial charge in [-0.1, -0.05) is 18.2 Å². The first kappa shape index (κ1) is 28.2. The number of amides is 2. The molecule has 224 valence electrons. The summed E-state index contributed by atoms with van der Waals surface area (Å²) in [6, 6.07) is 18.2. The van der Waals surface area contributed by atoms with Gasteiger partial charge in [0.25, 0.3) is 5.91 Å². The number of para-hydroxylation sites is 1. The molecule has 0 radical (unpaired) electrons. The molecule has 0 saturated carbocycles. The number of hydrogen-bond donors (Lipinski definition) is 3. The normalized spacial score (nSPS) is 16.1. The van der Waals surface area contributed by atoms with Crippen molar-refractivity contribution in [2.75, 3.05) is 35.3 Å². The maximum Gasteiger partial charge on any atom is 0.265 e. The van der Waals surface area contributed by atoms with E-state index in [0.29, 0.717) is 43.3 Å². The number of nitrogens with zero attached hydrogens (tertiary/aromatic N) is 5. The quantitative estimate of drug-likeness (QED) is 0.204. The van der Waals surface area contributed by atoms with E-state index in [1.165, 1.54) is 11.3 Å². The van der Waals surface area contributed by atoms with Crippen LogP contribution in [0.5, 0.6) is 0 Å². The lowest BCUT2D eigenvalue weighted by Gasteiger charge is -2.43. The minimum atomic E-state index is -0.637. The smallest absolute Gasteiger partial charge is 0.265 e. The van der Waals surface area contributed by atoms with Crippen LogP contribution in [0.25, 0.3) is 20.8 Å². The third-order valence-electron chi connectivity index (χ3n) is 8.18. The summed E-state index contributed by atoms with van der Waals surface area (Å²) in [4.78, 5) is 44.9. The summed E-state index contributed by atoms with van der Waals surface area (Å²) < 4.78 is 1.11. The van der Waals surface area contributed by atoms with Crippen molar-refractivity contribution >= 4 is 67.6 Å². The number of carbonyl (C=O) groups excluding carboxylic acids is 2. The van der Waals surface area contributed by atoms with Gasteiger partial charge in [0.1, 0.15) is 21.2 Å². The number of anilines is 4. The summed E-state index contributed by atoms with van der Waals surface area (Å²) in [5.41, 5.74) is 5.85. The fraction of sp³-hybridized carbons (Fsp3) is 0.281. The van der Waals surface area contributed by atoms with E-state index < -0.39 is 5.54 Å². The molecule has 1 spiro atoms. The van der Waals surface area contributed by atoms with Crippen LogP contribution in [-0.2, 0) is 4.79 Å². The molecule has 3 N–H and O–H groups in total. The Balaban J connectivity index is 1.08. The van der Waals surface area contributed by atoms with Crippen LogP contribution in [0, 0.1) is 0 Å². The maximum absolute atomic E-state index is 13.6. The molecular weight excluding hydrogens is 593 g/mol. The fourth-order valence-corrected chi connectivity index (χ4v) is 7.60. The van der Waals surface area contributed by atoms with E-state index in [2.05, 4.69) is 55.7 Å². The number of thiazole rings is 2. The summed E-state index contributed by atoms with van der Waals surface area (Å²) in [5, 5.41) is 10.7. The van der Waals surface area contributed by atoms with Crippen molar-refractivity contribution in [3.8, 4) is 10.6 Å². The molecule has 2 aliphatic heterocycles. The van der Waals surface area contributed by atoms with Crippen LogP contribution in [-0.4, -0.2) is 63.0 Å². The number of rotatable bonds is 7. The fourth-order valence-electron chi connectivity index (χ4n) is 5.97. The van der Waals surface area contributed by atoms with Gasteiger partial charge in [0.15, 0.2) is 0 Å². The molecule has 2 amide bonds. The number of hydrogen-bond acceptors (Lipinski definition) is 10. The lowest BCUT2D eigenvalue weighted by molar-refractivity contribution is -0.124. The third-order valence-corrected chi connectivity index (χ3v) is 9.99. The van der Waals surface area contributed by atoms with E-state index in [0.717, 1.165) is 37.8 Å². The molecule has 0 unspecified atom stereocenters. The SMILES string of the molecule is CC(C)Nc1cc(Nc2ccc3ncsc3c2)ncc1-c1ncc(C(=O)N2CCC3(CC2)C(=O)NCN3c2ccccc2)s1. The number of piperidine rings is 1. The van der Waals surface area contributed by atoms with Crippen molar-refractivity contribution in [2.24, 2.45) is 0 Å². The minimum absolute atomic E-state index is 0.0354. The van der Waals surface area contributed by atoms with E-state index in [1.807, 2.05) is 58.9 Å². The second kappa shape index (κ2) is 11.5. The summed E-state index contributed by atoms with van der Waals surface area (Å²) in [7, 11) is 0. The standard InChI is InChI=1S/C32H32N8O2S2/c1-20(2)37-25-15-28(38-21-8-9-24-26(14-21)43-19-36-24)33-16-23(25)29-34-17-27(44-29)30(41)39-12-10-32(11-13-39)31(42)35-18-40(32)22-6-4-3-5-7-22/h3-9,14-17,19-20H,10-13,18H2,1-2H3,(H,35,42)(H2,33,37,38). The average molecular weight is 625 g/mol. The van der Waals surface area contributed by atoms with Crippen molar-refractivity contribution < 1.29 is 9.59 Å². The first-order valence-electron chi connectivity index (χ1n) is 14.6. The summed E-state index contributed by atoms with van der Waals surface area (Å²) in [5.74, 6) is 0.681. The zero-order chi connectivity index (χ0) is 30.3. The van der Waals surface area contributed by atoms with Crippen LogP contribution < -0.4 is 20.9 Å². The summed E-state index contributed by atoms with van der Waals surface area (Å²) in [6.45, 7) is 5.64. The number of nitrogens with one attached hydrogen (secondary N) is 3. The second-order valence-electron chi connectivity index (χ2n) is 11.4. The van der Waals surface area contributed by atoms with Gasteiger partial charge in [-0.3, -0.25) is 9.59 Å². The highest BCUT2D eigenvalue weighted by Gasteiger charge is 2.50. The topological polar surface area (TPSA) is 115 Å². The molecule has 7 rings (SSSR count). The molecule has 0 atom stereocenters. The van der Waals surface area contributed by atoms with E-state index in [9.17, 15) is 9.59 Å². The number of likely N-dealkylation sites (tertiary alicyclic amines) is 1. The molecule has 0 bridgehead atoms. The first-order chi connectivity index (χ1) is 21.4. The third kappa shape index (κ3) is 5.24.